The van der Waals surface area contributed by atoms with Crippen molar-refractivity contribution in [3.63, 3.8) is 0 Å². The van der Waals surface area contributed by atoms with Gasteiger partial charge in [0.15, 0.2) is 0 Å². The minimum atomic E-state index is -3.48. The molecule has 0 fully saturated rings. The fourth-order valence-corrected chi connectivity index (χ4v) is 1.85. The zero-order chi connectivity index (χ0) is 11.5. The molecule has 0 atom stereocenters. The van der Waals surface area contributed by atoms with Gasteiger partial charge >= 0.3 is 0 Å². The number of nitrogens with zero attached hydrogens (tertiary/aromatic N) is 1. The zero-order valence-electron chi connectivity index (χ0n) is 8.53. The minimum absolute atomic E-state index is 0.138. The lowest BCUT2D eigenvalue weighted by atomic mass is 10.2. The Morgan fingerprint density at radius 1 is 1.47 bits per heavy atom. The van der Waals surface area contributed by atoms with E-state index in [4.69, 9.17) is 15.4 Å². The van der Waals surface area contributed by atoms with Crippen LogP contribution >= 0.6 is 10.7 Å². The van der Waals surface area contributed by atoms with Crippen molar-refractivity contribution >= 4 is 19.7 Å². The van der Waals surface area contributed by atoms with Crippen LogP contribution in [-0.4, -0.2) is 26.3 Å². The summed E-state index contributed by atoms with van der Waals surface area (Å²) in [5, 5.41) is 0. The summed E-state index contributed by atoms with van der Waals surface area (Å²) in [5.41, 5.74) is 1.43. The van der Waals surface area contributed by atoms with Gasteiger partial charge in [0.2, 0.25) is 9.05 Å². The Hall–Kier alpha value is -0.810. The minimum Gasteiger partial charge on any atom is -0.495 e. The van der Waals surface area contributed by atoms with E-state index < -0.39 is 9.05 Å². The Morgan fingerprint density at radius 3 is 2.67 bits per heavy atom. The van der Waals surface area contributed by atoms with E-state index in [2.05, 4.69) is 4.98 Å². The Kier molecular flexibility index (Phi) is 3.93. The van der Waals surface area contributed by atoms with Gasteiger partial charge in [0, 0.05) is 22.8 Å². The molecule has 0 aromatic carbocycles. The maximum Gasteiger partial charge on any atom is 0.232 e. The molecule has 4 nitrogen and oxygen atoms in total. The van der Waals surface area contributed by atoms with Gasteiger partial charge < -0.3 is 4.74 Å². The average Bonchev–Trinajstić information content (AvgIpc) is 2.14. The summed E-state index contributed by atoms with van der Waals surface area (Å²) in [7, 11) is 3.16. The van der Waals surface area contributed by atoms with Crippen LogP contribution in [0.3, 0.4) is 0 Å². The monoisotopic (exact) mass is 249 g/mol. The second-order valence-corrected chi connectivity index (χ2v) is 5.99. The molecule has 1 heterocycles. The molecule has 15 heavy (non-hydrogen) atoms. The van der Waals surface area contributed by atoms with Crippen LogP contribution in [0.15, 0.2) is 12.1 Å². The number of rotatable bonds is 4. The van der Waals surface area contributed by atoms with Crippen molar-refractivity contribution < 1.29 is 13.2 Å². The zero-order valence-corrected chi connectivity index (χ0v) is 10.1. The standard InChI is InChI=1S/C9H12ClNO3S/c1-7-3-4-9(14-2)8(11-7)5-6-15(10,12)13/h3-4H,5-6H2,1-2H3. The quantitative estimate of drug-likeness (QED) is 0.759. The third kappa shape index (κ3) is 4.05. The van der Waals surface area contributed by atoms with Crippen LogP contribution in [0.25, 0.3) is 0 Å². The first-order chi connectivity index (χ1) is 6.92. The van der Waals surface area contributed by atoms with E-state index in [-0.39, 0.29) is 12.2 Å². The van der Waals surface area contributed by atoms with E-state index in [1.807, 2.05) is 6.92 Å². The van der Waals surface area contributed by atoms with E-state index in [9.17, 15) is 8.42 Å². The maximum atomic E-state index is 10.8. The fraction of sp³-hybridized carbons (Fsp3) is 0.444. The number of hydrogen-bond donors (Lipinski definition) is 0. The number of methoxy groups -OCH3 is 1. The highest BCUT2D eigenvalue weighted by atomic mass is 35.7. The molecule has 0 spiro atoms. The Labute approximate surface area is 93.7 Å². The van der Waals surface area contributed by atoms with E-state index in [0.717, 1.165) is 5.69 Å². The summed E-state index contributed by atoms with van der Waals surface area (Å²) in [6.07, 6.45) is 0.261. The summed E-state index contributed by atoms with van der Waals surface area (Å²) >= 11 is 0. The lowest BCUT2D eigenvalue weighted by Crippen LogP contribution is -2.05. The lowest BCUT2D eigenvalue weighted by Gasteiger charge is -2.07. The Morgan fingerprint density at radius 2 is 2.13 bits per heavy atom. The van der Waals surface area contributed by atoms with E-state index in [1.54, 1.807) is 12.1 Å². The molecule has 0 saturated carbocycles. The van der Waals surface area contributed by atoms with Crippen molar-refractivity contribution in [3.05, 3.63) is 23.5 Å². The predicted molar refractivity (Wildman–Crippen MR) is 58.9 cm³/mol. The van der Waals surface area contributed by atoms with Crippen LogP contribution in [0.5, 0.6) is 5.75 Å². The van der Waals surface area contributed by atoms with Crippen molar-refractivity contribution in [1.29, 1.82) is 0 Å². The van der Waals surface area contributed by atoms with Gasteiger partial charge in [-0.2, -0.15) is 0 Å². The van der Waals surface area contributed by atoms with E-state index in [1.165, 1.54) is 7.11 Å². The summed E-state index contributed by atoms with van der Waals surface area (Å²) in [4.78, 5) is 4.20. The number of aryl methyl sites for hydroxylation is 2. The fourth-order valence-electron chi connectivity index (χ4n) is 1.18. The number of aromatic nitrogens is 1. The second-order valence-electron chi connectivity index (χ2n) is 3.09. The molecule has 6 heteroatoms. The van der Waals surface area contributed by atoms with Gasteiger partial charge in [-0.15, -0.1) is 0 Å². The maximum absolute atomic E-state index is 10.8. The van der Waals surface area contributed by atoms with Crippen LogP contribution in [-0.2, 0) is 15.5 Å². The van der Waals surface area contributed by atoms with Gasteiger partial charge in [-0.3, -0.25) is 4.98 Å². The van der Waals surface area contributed by atoms with Crippen molar-refractivity contribution in [2.45, 2.75) is 13.3 Å². The van der Waals surface area contributed by atoms with E-state index in [0.29, 0.717) is 11.4 Å². The van der Waals surface area contributed by atoms with Gasteiger partial charge in [0.25, 0.3) is 0 Å². The van der Waals surface area contributed by atoms with Crippen molar-refractivity contribution in [2.24, 2.45) is 0 Å². The largest absolute Gasteiger partial charge is 0.495 e. The van der Waals surface area contributed by atoms with Gasteiger partial charge in [-0.25, -0.2) is 8.42 Å². The molecule has 0 radical (unpaired) electrons. The number of halogens is 1. The van der Waals surface area contributed by atoms with Gasteiger partial charge in [-0.05, 0) is 19.1 Å². The molecule has 0 saturated heterocycles. The van der Waals surface area contributed by atoms with Crippen molar-refractivity contribution in [1.82, 2.24) is 4.98 Å². The predicted octanol–water partition coefficient (Wildman–Crippen LogP) is 1.51. The first kappa shape index (κ1) is 12.3. The van der Waals surface area contributed by atoms with Crippen LogP contribution in [0.2, 0.25) is 0 Å². The third-order valence-electron chi connectivity index (χ3n) is 1.87. The number of ether oxygens (including phenoxy) is 1. The second kappa shape index (κ2) is 4.81. The van der Waals surface area contributed by atoms with Gasteiger partial charge in [0.1, 0.15) is 5.75 Å². The summed E-state index contributed by atoms with van der Waals surface area (Å²) in [5.74, 6) is 0.447. The molecular weight excluding hydrogens is 238 g/mol. The average molecular weight is 250 g/mol. The molecule has 0 bridgehead atoms. The van der Waals surface area contributed by atoms with Gasteiger partial charge in [-0.1, -0.05) is 0 Å². The summed E-state index contributed by atoms with van der Waals surface area (Å²) in [6, 6.07) is 3.57. The van der Waals surface area contributed by atoms with Crippen LogP contribution in [0.1, 0.15) is 11.4 Å². The molecule has 0 unspecified atom stereocenters. The molecule has 0 amide bonds. The highest BCUT2D eigenvalue weighted by Gasteiger charge is 2.10. The van der Waals surface area contributed by atoms with Crippen LogP contribution in [0, 0.1) is 6.92 Å². The molecule has 1 aromatic rings. The molecule has 0 N–H and O–H groups in total. The van der Waals surface area contributed by atoms with Gasteiger partial charge in [0.05, 0.1) is 18.6 Å². The first-order valence-corrected chi connectivity index (χ1v) is 6.83. The molecule has 0 aliphatic rings. The highest BCUT2D eigenvalue weighted by Crippen LogP contribution is 2.17. The highest BCUT2D eigenvalue weighted by molar-refractivity contribution is 8.13. The van der Waals surface area contributed by atoms with E-state index >= 15 is 0 Å². The molecule has 0 aliphatic carbocycles. The molecule has 1 aromatic heterocycles. The number of hydrogen-bond acceptors (Lipinski definition) is 4. The molecule has 0 aliphatic heterocycles. The summed E-state index contributed by atoms with van der Waals surface area (Å²) < 4.78 is 26.6. The van der Waals surface area contributed by atoms with Crippen LogP contribution in [0.4, 0.5) is 0 Å². The Balaban J connectivity index is 2.88. The molecule has 1 rings (SSSR count). The normalized spacial score (nSPS) is 11.4. The van der Waals surface area contributed by atoms with Crippen molar-refractivity contribution in [2.75, 3.05) is 12.9 Å². The molecule has 84 valence electrons. The Bertz CT molecular complexity index is 445. The SMILES string of the molecule is COc1ccc(C)nc1CCS(=O)(=O)Cl. The topological polar surface area (TPSA) is 56.3 Å². The first-order valence-electron chi connectivity index (χ1n) is 4.35. The smallest absolute Gasteiger partial charge is 0.232 e. The number of pyridine rings is 1. The molecular formula is C9H12ClNO3S. The lowest BCUT2D eigenvalue weighted by molar-refractivity contribution is 0.407. The summed E-state index contributed by atoms with van der Waals surface area (Å²) in [6.45, 7) is 1.83. The van der Waals surface area contributed by atoms with Crippen molar-refractivity contribution in [3.8, 4) is 5.75 Å². The van der Waals surface area contributed by atoms with Crippen LogP contribution < -0.4 is 4.74 Å². The third-order valence-corrected chi connectivity index (χ3v) is 3.03.